The van der Waals surface area contributed by atoms with Crippen molar-refractivity contribution in [3.63, 3.8) is 0 Å². The quantitative estimate of drug-likeness (QED) is 0.691. The smallest absolute Gasteiger partial charge is 0.246 e. The largest absolute Gasteiger partial charge is 0.497 e. The highest BCUT2D eigenvalue weighted by Crippen LogP contribution is 2.19. The summed E-state index contributed by atoms with van der Waals surface area (Å²) in [6, 6.07) is 17.1. The first-order chi connectivity index (χ1) is 11.7. The Morgan fingerprint density at radius 2 is 1.88 bits per heavy atom. The highest BCUT2D eigenvalue weighted by molar-refractivity contribution is 7.80. The number of benzene rings is 2. The van der Waals surface area contributed by atoms with E-state index in [0.29, 0.717) is 23.4 Å². The molecule has 0 saturated carbocycles. The molecule has 7 heteroatoms. The minimum Gasteiger partial charge on any atom is -0.497 e. The summed E-state index contributed by atoms with van der Waals surface area (Å²) in [6.45, 7) is 0.349. The molecule has 6 nitrogen and oxygen atoms in total. The molecule has 0 radical (unpaired) electrons. The number of rotatable bonds is 5. The van der Waals surface area contributed by atoms with Crippen LogP contribution in [0.15, 0.2) is 59.1 Å². The molecule has 1 aromatic heterocycles. The molecule has 0 fully saturated rings. The molecule has 122 valence electrons. The van der Waals surface area contributed by atoms with Gasteiger partial charge >= 0.3 is 0 Å². The fraction of sp³-hybridized carbons (Fsp3) is 0.118. The lowest BCUT2D eigenvalue weighted by Gasteiger charge is -2.08. The SMILES string of the molecule is COc1ccc(-c2noc(CNC(=S)Nc3ccccc3)n2)cc1. The summed E-state index contributed by atoms with van der Waals surface area (Å²) < 4.78 is 10.4. The second-order valence-corrected chi connectivity index (χ2v) is 5.32. The Kier molecular flexibility index (Phi) is 5.02. The van der Waals surface area contributed by atoms with Crippen molar-refractivity contribution >= 4 is 23.0 Å². The van der Waals surface area contributed by atoms with Crippen molar-refractivity contribution in [1.29, 1.82) is 0 Å². The molecule has 0 spiro atoms. The number of methoxy groups -OCH3 is 1. The number of hydrogen-bond donors (Lipinski definition) is 2. The third kappa shape index (κ3) is 4.08. The van der Waals surface area contributed by atoms with Gasteiger partial charge in [-0.05, 0) is 48.6 Å². The van der Waals surface area contributed by atoms with Crippen LogP contribution < -0.4 is 15.4 Å². The monoisotopic (exact) mass is 340 g/mol. The summed E-state index contributed by atoms with van der Waals surface area (Å²) in [6.07, 6.45) is 0. The predicted molar refractivity (Wildman–Crippen MR) is 95.8 cm³/mol. The number of nitrogens with zero attached hydrogens (tertiary/aromatic N) is 2. The van der Waals surface area contributed by atoms with Crippen LogP contribution >= 0.6 is 12.2 Å². The van der Waals surface area contributed by atoms with E-state index in [1.165, 1.54) is 0 Å². The third-order valence-corrected chi connectivity index (χ3v) is 3.49. The van der Waals surface area contributed by atoms with Crippen LogP contribution in [0.5, 0.6) is 5.75 Å². The Labute approximate surface area is 144 Å². The van der Waals surface area contributed by atoms with Crippen LogP contribution in [0.2, 0.25) is 0 Å². The molecule has 24 heavy (non-hydrogen) atoms. The standard InChI is InChI=1S/C17H16N4O2S/c1-22-14-9-7-12(8-10-14)16-20-15(23-21-16)11-18-17(24)19-13-5-3-2-4-6-13/h2-10H,11H2,1H3,(H2,18,19,24). The number of aromatic nitrogens is 2. The predicted octanol–water partition coefficient (Wildman–Crippen LogP) is 3.23. The molecule has 0 unspecified atom stereocenters. The van der Waals surface area contributed by atoms with E-state index in [4.69, 9.17) is 21.5 Å². The summed E-state index contributed by atoms with van der Waals surface area (Å²) in [7, 11) is 1.62. The zero-order chi connectivity index (χ0) is 16.8. The van der Waals surface area contributed by atoms with Crippen molar-refractivity contribution < 1.29 is 9.26 Å². The Morgan fingerprint density at radius 1 is 1.12 bits per heavy atom. The van der Waals surface area contributed by atoms with Crippen molar-refractivity contribution in [2.24, 2.45) is 0 Å². The molecule has 0 saturated heterocycles. The number of ether oxygens (including phenoxy) is 1. The van der Waals surface area contributed by atoms with E-state index >= 15 is 0 Å². The van der Waals surface area contributed by atoms with Gasteiger partial charge in [0, 0.05) is 11.3 Å². The van der Waals surface area contributed by atoms with Gasteiger partial charge in [0.1, 0.15) is 5.75 Å². The molecule has 0 aliphatic carbocycles. The van der Waals surface area contributed by atoms with Crippen LogP contribution in [-0.4, -0.2) is 22.4 Å². The van der Waals surface area contributed by atoms with E-state index < -0.39 is 0 Å². The minimum atomic E-state index is 0.349. The third-order valence-electron chi connectivity index (χ3n) is 3.25. The topological polar surface area (TPSA) is 72.2 Å². The summed E-state index contributed by atoms with van der Waals surface area (Å²) >= 11 is 5.24. The number of hydrogen-bond acceptors (Lipinski definition) is 5. The van der Waals surface area contributed by atoms with Gasteiger partial charge in [0.05, 0.1) is 13.7 Å². The van der Waals surface area contributed by atoms with E-state index in [0.717, 1.165) is 17.0 Å². The first-order valence-corrected chi connectivity index (χ1v) is 7.72. The maximum absolute atomic E-state index is 5.24. The number of thiocarbonyl (C=S) groups is 1. The lowest BCUT2D eigenvalue weighted by molar-refractivity contribution is 0.376. The average Bonchev–Trinajstić information content (AvgIpc) is 3.10. The molecule has 2 N–H and O–H groups in total. The first kappa shape index (κ1) is 15.9. The molecule has 1 heterocycles. The lowest BCUT2D eigenvalue weighted by atomic mass is 10.2. The summed E-state index contributed by atoms with van der Waals surface area (Å²) in [5.74, 6) is 1.76. The Bertz CT molecular complexity index is 803. The van der Waals surface area contributed by atoms with Gasteiger partial charge in [-0.2, -0.15) is 4.98 Å². The van der Waals surface area contributed by atoms with Crippen molar-refractivity contribution in [3.8, 4) is 17.1 Å². The molecule has 3 aromatic rings. The number of nitrogens with one attached hydrogen (secondary N) is 2. The second kappa shape index (κ2) is 7.56. The maximum atomic E-state index is 5.24. The Morgan fingerprint density at radius 3 is 2.58 bits per heavy atom. The van der Waals surface area contributed by atoms with E-state index in [1.54, 1.807) is 7.11 Å². The summed E-state index contributed by atoms with van der Waals surface area (Å²) in [5.41, 5.74) is 1.77. The summed E-state index contributed by atoms with van der Waals surface area (Å²) in [5, 5.41) is 10.6. The normalized spacial score (nSPS) is 10.2. The van der Waals surface area contributed by atoms with Crippen LogP contribution in [0.1, 0.15) is 5.89 Å². The van der Waals surface area contributed by atoms with Crippen LogP contribution in [0.3, 0.4) is 0 Å². The molecule has 2 aromatic carbocycles. The fourth-order valence-electron chi connectivity index (χ4n) is 2.04. The van der Waals surface area contributed by atoms with E-state index in [-0.39, 0.29) is 0 Å². The van der Waals surface area contributed by atoms with Gasteiger partial charge in [-0.1, -0.05) is 23.4 Å². The zero-order valence-corrected chi connectivity index (χ0v) is 13.8. The molecular weight excluding hydrogens is 324 g/mol. The van der Waals surface area contributed by atoms with E-state index in [1.807, 2.05) is 54.6 Å². The highest BCUT2D eigenvalue weighted by Gasteiger charge is 2.09. The van der Waals surface area contributed by atoms with Gasteiger partial charge in [0.15, 0.2) is 5.11 Å². The fourth-order valence-corrected chi connectivity index (χ4v) is 2.23. The second-order valence-electron chi connectivity index (χ2n) is 4.91. The average molecular weight is 340 g/mol. The van der Waals surface area contributed by atoms with Crippen LogP contribution in [0.25, 0.3) is 11.4 Å². The van der Waals surface area contributed by atoms with Gasteiger partial charge in [0.2, 0.25) is 11.7 Å². The van der Waals surface area contributed by atoms with Crippen molar-refractivity contribution in [2.45, 2.75) is 6.54 Å². The summed E-state index contributed by atoms with van der Waals surface area (Å²) in [4.78, 5) is 4.35. The first-order valence-electron chi connectivity index (χ1n) is 7.31. The maximum Gasteiger partial charge on any atom is 0.246 e. The van der Waals surface area contributed by atoms with Gasteiger partial charge in [-0.25, -0.2) is 0 Å². The lowest BCUT2D eigenvalue weighted by Crippen LogP contribution is -2.27. The molecule has 0 bridgehead atoms. The molecule has 3 rings (SSSR count). The Balaban J connectivity index is 1.56. The minimum absolute atomic E-state index is 0.349. The van der Waals surface area contributed by atoms with Gasteiger partial charge in [0.25, 0.3) is 0 Å². The highest BCUT2D eigenvalue weighted by atomic mass is 32.1. The molecule has 0 aliphatic heterocycles. The van der Waals surface area contributed by atoms with Crippen molar-refractivity contribution in [3.05, 3.63) is 60.5 Å². The van der Waals surface area contributed by atoms with Crippen LogP contribution in [0.4, 0.5) is 5.69 Å². The molecule has 0 atom stereocenters. The van der Waals surface area contributed by atoms with E-state index in [2.05, 4.69) is 20.8 Å². The van der Waals surface area contributed by atoms with E-state index in [9.17, 15) is 0 Å². The van der Waals surface area contributed by atoms with Gasteiger partial charge in [-0.3, -0.25) is 0 Å². The Hall–Kier alpha value is -2.93. The van der Waals surface area contributed by atoms with Crippen molar-refractivity contribution in [2.75, 3.05) is 12.4 Å². The zero-order valence-electron chi connectivity index (χ0n) is 13.0. The van der Waals surface area contributed by atoms with Crippen LogP contribution in [-0.2, 0) is 6.54 Å². The molecule has 0 amide bonds. The van der Waals surface area contributed by atoms with Crippen LogP contribution in [0, 0.1) is 0 Å². The van der Waals surface area contributed by atoms with Crippen molar-refractivity contribution in [1.82, 2.24) is 15.5 Å². The van der Waals surface area contributed by atoms with Gasteiger partial charge in [-0.15, -0.1) is 0 Å². The number of para-hydroxylation sites is 1. The van der Waals surface area contributed by atoms with Gasteiger partial charge < -0.3 is 19.9 Å². The number of anilines is 1. The molecule has 0 aliphatic rings. The molecular formula is C17H16N4O2S.